The second kappa shape index (κ2) is 6.37. The Bertz CT molecular complexity index is 589. The molecule has 2 heterocycles. The molecule has 0 spiro atoms. The lowest BCUT2D eigenvalue weighted by Gasteiger charge is -2.34. The first-order valence-electron chi connectivity index (χ1n) is 7.02. The Morgan fingerprint density at radius 2 is 1.81 bits per heavy atom. The maximum atomic E-state index is 12.9. The summed E-state index contributed by atoms with van der Waals surface area (Å²) in [5.41, 5.74) is 0.558. The number of hydrogen-bond donors (Lipinski definition) is 0. The van der Waals surface area contributed by atoms with Gasteiger partial charge in [-0.1, -0.05) is 6.07 Å². The van der Waals surface area contributed by atoms with Crippen LogP contribution in [0.25, 0.3) is 0 Å². The van der Waals surface area contributed by atoms with E-state index in [0.29, 0.717) is 5.56 Å². The largest absolute Gasteiger partial charge is 0.336 e. The molecule has 2 aromatic rings. The number of thiophene rings is 1. The van der Waals surface area contributed by atoms with Gasteiger partial charge >= 0.3 is 0 Å². The second-order valence-corrected chi connectivity index (χ2v) is 6.19. The topological polar surface area (TPSA) is 23.6 Å². The zero-order chi connectivity index (χ0) is 14.7. The molecule has 1 amide bonds. The molecule has 1 aliphatic rings. The zero-order valence-corrected chi connectivity index (χ0v) is 12.5. The van der Waals surface area contributed by atoms with E-state index in [9.17, 15) is 9.18 Å². The van der Waals surface area contributed by atoms with Crippen LogP contribution < -0.4 is 0 Å². The van der Waals surface area contributed by atoms with Crippen LogP contribution in [0.5, 0.6) is 0 Å². The summed E-state index contributed by atoms with van der Waals surface area (Å²) in [6.07, 6.45) is 0. The molecule has 3 rings (SSSR count). The summed E-state index contributed by atoms with van der Waals surface area (Å²) in [5, 5.41) is 2.09. The van der Waals surface area contributed by atoms with Crippen molar-refractivity contribution in [2.45, 2.75) is 6.54 Å². The molecule has 0 bridgehead atoms. The lowest BCUT2D eigenvalue weighted by molar-refractivity contribution is 0.0629. The van der Waals surface area contributed by atoms with Crippen molar-refractivity contribution in [1.82, 2.24) is 9.80 Å². The number of hydrogen-bond acceptors (Lipinski definition) is 3. The lowest BCUT2D eigenvalue weighted by Crippen LogP contribution is -2.48. The fourth-order valence-corrected chi connectivity index (χ4v) is 3.25. The molecule has 0 saturated carbocycles. The van der Waals surface area contributed by atoms with Crippen LogP contribution in [0.3, 0.4) is 0 Å². The number of benzene rings is 1. The van der Waals surface area contributed by atoms with E-state index in [1.54, 1.807) is 23.5 Å². The summed E-state index contributed by atoms with van der Waals surface area (Å²) < 4.78 is 12.9. The summed E-state index contributed by atoms with van der Waals surface area (Å²) in [7, 11) is 0. The molecule has 0 unspecified atom stereocenters. The Balaban J connectivity index is 1.55. The third-order valence-corrected chi connectivity index (χ3v) is 4.57. The molecule has 0 N–H and O–H groups in total. The van der Waals surface area contributed by atoms with Gasteiger partial charge in [-0.25, -0.2) is 4.39 Å². The fourth-order valence-electron chi connectivity index (χ4n) is 2.51. The number of rotatable bonds is 3. The number of nitrogens with zero attached hydrogens (tertiary/aromatic N) is 2. The van der Waals surface area contributed by atoms with E-state index in [2.05, 4.69) is 22.4 Å². The third-order valence-electron chi connectivity index (χ3n) is 3.71. The number of piperazine rings is 1. The Hall–Kier alpha value is -1.72. The van der Waals surface area contributed by atoms with Crippen molar-refractivity contribution in [1.29, 1.82) is 0 Å². The Labute approximate surface area is 127 Å². The van der Waals surface area contributed by atoms with Crippen LogP contribution >= 0.6 is 11.3 Å². The minimum Gasteiger partial charge on any atom is -0.336 e. The van der Waals surface area contributed by atoms with Gasteiger partial charge in [0.15, 0.2) is 0 Å². The normalized spacial score (nSPS) is 16.1. The first-order chi connectivity index (χ1) is 10.2. The fraction of sp³-hybridized carbons (Fsp3) is 0.312. The second-order valence-electron chi connectivity index (χ2n) is 5.15. The molecule has 0 radical (unpaired) electrons. The molecule has 1 aromatic carbocycles. The Morgan fingerprint density at radius 1 is 1.10 bits per heavy atom. The molecular weight excluding hydrogens is 287 g/mol. The predicted molar refractivity (Wildman–Crippen MR) is 81.9 cm³/mol. The highest BCUT2D eigenvalue weighted by molar-refractivity contribution is 7.09. The van der Waals surface area contributed by atoms with Gasteiger partial charge in [-0.2, -0.15) is 0 Å². The van der Waals surface area contributed by atoms with E-state index in [-0.39, 0.29) is 11.7 Å². The van der Waals surface area contributed by atoms with Crippen LogP contribution in [0.1, 0.15) is 15.2 Å². The molecule has 3 nitrogen and oxygen atoms in total. The average molecular weight is 304 g/mol. The van der Waals surface area contributed by atoms with Crippen molar-refractivity contribution in [3.63, 3.8) is 0 Å². The molecule has 5 heteroatoms. The molecule has 1 aromatic heterocycles. The molecule has 110 valence electrons. The van der Waals surface area contributed by atoms with Crippen LogP contribution in [0.2, 0.25) is 0 Å². The summed E-state index contributed by atoms with van der Waals surface area (Å²) in [4.78, 5) is 17.9. The maximum Gasteiger partial charge on any atom is 0.253 e. The standard InChI is InChI=1S/C16H17FN2OS/c17-14-5-3-13(4-6-14)16(20)19-9-7-18(8-10-19)12-15-2-1-11-21-15/h1-6,11H,7-10,12H2. The van der Waals surface area contributed by atoms with Gasteiger partial charge in [0.05, 0.1) is 0 Å². The molecule has 0 atom stereocenters. The molecule has 1 aliphatic heterocycles. The molecular formula is C16H17FN2OS. The molecule has 21 heavy (non-hydrogen) atoms. The zero-order valence-electron chi connectivity index (χ0n) is 11.7. The number of amides is 1. The van der Waals surface area contributed by atoms with E-state index >= 15 is 0 Å². The Kier molecular flexibility index (Phi) is 4.31. The van der Waals surface area contributed by atoms with Gasteiger partial charge in [0.2, 0.25) is 0 Å². The van der Waals surface area contributed by atoms with E-state index in [1.807, 2.05) is 4.90 Å². The van der Waals surface area contributed by atoms with Gasteiger partial charge in [-0.3, -0.25) is 9.69 Å². The van der Waals surface area contributed by atoms with E-state index in [0.717, 1.165) is 32.7 Å². The first-order valence-corrected chi connectivity index (χ1v) is 7.90. The SMILES string of the molecule is O=C(c1ccc(F)cc1)N1CCN(Cc2cccs2)CC1. The van der Waals surface area contributed by atoms with E-state index < -0.39 is 0 Å². The summed E-state index contributed by atoms with van der Waals surface area (Å²) in [5.74, 6) is -0.321. The van der Waals surface area contributed by atoms with Crippen molar-refractivity contribution in [2.75, 3.05) is 26.2 Å². The van der Waals surface area contributed by atoms with Crippen LogP contribution in [-0.4, -0.2) is 41.9 Å². The number of carbonyl (C=O) groups is 1. The van der Waals surface area contributed by atoms with Crippen molar-refractivity contribution in [3.8, 4) is 0 Å². The van der Waals surface area contributed by atoms with Gasteiger partial charge in [0.25, 0.3) is 5.91 Å². The van der Waals surface area contributed by atoms with Crippen LogP contribution in [-0.2, 0) is 6.54 Å². The summed E-state index contributed by atoms with van der Waals surface area (Å²) in [6.45, 7) is 4.16. The number of carbonyl (C=O) groups excluding carboxylic acids is 1. The van der Waals surface area contributed by atoms with Crippen molar-refractivity contribution in [2.24, 2.45) is 0 Å². The monoisotopic (exact) mass is 304 g/mol. The van der Waals surface area contributed by atoms with Crippen molar-refractivity contribution in [3.05, 3.63) is 58.0 Å². The van der Waals surface area contributed by atoms with Crippen molar-refractivity contribution >= 4 is 17.2 Å². The lowest BCUT2D eigenvalue weighted by atomic mass is 10.2. The smallest absolute Gasteiger partial charge is 0.253 e. The maximum absolute atomic E-state index is 12.9. The highest BCUT2D eigenvalue weighted by Gasteiger charge is 2.22. The minimum atomic E-state index is -0.313. The van der Waals surface area contributed by atoms with Gasteiger partial charge in [0.1, 0.15) is 5.82 Å². The van der Waals surface area contributed by atoms with Gasteiger partial charge in [-0.05, 0) is 35.7 Å². The predicted octanol–water partition coefficient (Wildman–Crippen LogP) is 2.85. The molecule has 0 aliphatic carbocycles. The van der Waals surface area contributed by atoms with E-state index in [4.69, 9.17) is 0 Å². The number of halogens is 1. The quantitative estimate of drug-likeness (QED) is 0.870. The van der Waals surface area contributed by atoms with Gasteiger partial charge < -0.3 is 4.90 Å². The highest BCUT2D eigenvalue weighted by Crippen LogP contribution is 2.15. The van der Waals surface area contributed by atoms with Crippen LogP contribution in [0.15, 0.2) is 41.8 Å². The van der Waals surface area contributed by atoms with Gasteiger partial charge in [-0.15, -0.1) is 11.3 Å². The van der Waals surface area contributed by atoms with Crippen molar-refractivity contribution < 1.29 is 9.18 Å². The van der Waals surface area contributed by atoms with Gasteiger partial charge in [0, 0.05) is 43.2 Å². The van der Waals surface area contributed by atoms with Crippen LogP contribution in [0, 0.1) is 5.82 Å². The Morgan fingerprint density at radius 3 is 2.43 bits per heavy atom. The summed E-state index contributed by atoms with van der Waals surface area (Å²) in [6, 6.07) is 9.97. The van der Waals surface area contributed by atoms with Crippen LogP contribution in [0.4, 0.5) is 4.39 Å². The highest BCUT2D eigenvalue weighted by atomic mass is 32.1. The average Bonchev–Trinajstić information content (AvgIpc) is 3.01. The summed E-state index contributed by atoms with van der Waals surface area (Å²) >= 11 is 1.76. The first kappa shape index (κ1) is 14.2. The third kappa shape index (κ3) is 3.49. The minimum absolute atomic E-state index is 0.00854. The molecule has 1 fully saturated rings. The van der Waals surface area contributed by atoms with E-state index in [1.165, 1.54) is 17.0 Å². The molecule has 1 saturated heterocycles.